The molecular weight excluding hydrogens is 264 g/mol. The molecule has 2 aromatic carbocycles. The molecule has 0 aliphatic rings. The maximum atomic E-state index is 12.9. The molecule has 0 saturated heterocycles. The minimum absolute atomic E-state index is 0.00175. The molecule has 0 aliphatic heterocycles. The van der Waals surface area contributed by atoms with Crippen LogP contribution in [0, 0.1) is 18.6 Å². The summed E-state index contributed by atoms with van der Waals surface area (Å²) in [6.45, 7) is 1.72. The highest BCUT2D eigenvalue weighted by Crippen LogP contribution is 2.17. The molecule has 104 valence electrons. The standard InChI is InChI=1S/C15H13F2NO2/c1-9-6-11(16)3-2-10(9)8-20-15(19)13-5-4-12(17)7-14(13)18/h2-7H,8,18H2,1H3. The van der Waals surface area contributed by atoms with Gasteiger partial charge in [-0.1, -0.05) is 6.07 Å². The summed E-state index contributed by atoms with van der Waals surface area (Å²) in [5.41, 5.74) is 7.05. The maximum absolute atomic E-state index is 12.9. The van der Waals surface area contributed by atoms with Crippen LogP contribution in [0.5, 0.6) is 0 Å². The van der Waals surface area contributed by atoms with E-state index in [1.807, 2.05) is 0 Å². The van der Waals surface area contributed by atoms with Gasteiger partial charge in [-0.25, -0.2) is 13.6 Å². The number of ether oxygens (including phenoxy) is 1. The second-order valence-corrected chi connectivity index (χ2v) is 4.38. The van der Waals surface area contributed by atoms with Crippen molar-refractivity contribution in [1.82, 2.24) is 0 Å². The average molecular weight is 277 g/mol. The third-order valence-electron chi connectivity index (χ3n) is 2.90. The van der Waals surface area contributed by atoms with Crippen molar-refractivity contribution in [2.75, 3.05) is 5.73 Å². The Kier molecular flexibility index (Phi) is 3.98. The Bertz CT molecular complexity index is 656. The van der Waals surface area contributed by atoms with Crippen LogP contribution in [0.4, 0.5) is 14.5 Å². The van der Waals surface area contributed by atoms with Gasteiger partial charge in [0.15, 0.2) is 0 Å². The van der Waals surface area contributed by atoms with Crippen LogP contribution >= 0.6 is 0 Å². The van der Waals surface area contributed by atoms with Gasteiger partial charge in [0.05, 0.1) is 5.56 Å². The average Bonchev–Trinajstić information content (AvgIpc) is 2.37. The maximum Gasteiger partial charge on any atom is 0.340 e. The number of esters is 1. The van der Waals surface area contributed by atoms with Gasteiger partial charge in [0, 0.05) is 5.69 Å². The number of anilines is 1. The minimum atomic E-state index is -0.647. The van der Waals surface area contributed by atoms with Gasteiger partial charge in [-0.15, -0.1) is 0 Å². The summed E-state index contributed by atoms with van der Waals surface area (Å²) in [5, 5.41) is 0. The van der Waals surface area contributed by atoms with Crippen LogP contribution in [0.25, 0.3) is 0 Å². The first-order valence-corrected chi connectivity index (χ1v) is 5.94. The Labute approximate surface area is 115 Å². The van der Waals surface area contributed by atoms with Crippen LogP contribution in [0.3, 0.4) is 0 Å². The van der Waals surface area contributed by atoms with Gasteiger partial charge < -0.3 is 10.5 Å². The molecule has 3 nitrogen and oxygen atoms in total. The molecule has 0 radical (unpaired) electrons. The van der Waals surface area contributed by atoms with Crippen molar-refractivity contribution in [3.05, 3.63) is 64.7 Å². The summed E-state index contributed by atoms with van der Waals surface area (Å²) in [6, 6.07) is 7.66. The Morgan fingerprint density at radius 1 is 1.15 bits per heavy atom. The van der Waals surface area contributed by atoms with Crippen molar-refractivity contribution in [3.8, 4) is 0 Å². The Balaban J connectivity index is 2.08. The first-order chi connectivity index (χ1) is 9.47. The lowest BCUT2D eigenvalue weighted by Crippen LogP contribution is -2.09. The van der Waals surface area contributed by atoms with Crippen molar-refractivity contribution in [2.45, 2.75) is 13.5 Å². The van der Waals surface area contributed by atoms with E-state index in [1.165, 1.54) is 18.2 Å². The molecule has 0 spiro atoms. The minimum Gasteiger partial charge on any atom is -0.457 e. The van der Waals surface area contributed by atoms with Gasteiger partial charge in [-0.05, 0) is 48.4 Å². The number of nitrogen functional groups attached to an aromatic ring is 1. The quantitative estimate of drug-likeness (QED) is 0.692. The van der Waals surface area contributed by atoms with Crippen molar-refractivity contribution in [2.24, 2.45) is 0 Å². The molecular formula is C15H13F2NO2. The SMILES string of the molecule is Cc1cc(F)ccc1COC(=O)c1ccc(F)cc1N. The number of nitrogens with two attached hydrogens (primary N) is 1. The van der Waals surface area contributed by atoms with E-state index in [1.54, 1.807) is 13.0 Å². The Hall–Kier alpha value is -2.43. The number of carbonyl (C=O) groups excluding carboxylic acids is 1. The zero-order valence-electron chi connectivity index (χ0n) is 10.8. The molecule has 20 heavy (non-hydrogen) atoms. The number of aryl methyl sites for hydroxylation is 1. The van der Waals surface area contributed by atoms with E-state index in [9.17, 15) is 13.6 Å². The van der Waals surface area contributed by atoms with Crippen LogP contribution in [-0.2, 0) is 11.3 Å². The number of carbonyl (C=O) groups is 1. The van der Waals surface area contributed by atoms with Gasteiger partial charge in [-0.3, -0.25) is 0 Å². The molecule has 0 amide bonds. The molecule has 5 heteroatoms. The molecule has 2 N–H and O–H groups in total. The van der Waals surface area contributed by atoms with E-state index in [0.29, 0.717) is 11.1 Å². The van der Waals surface area contributed by atoms with Gasteiger partial charge in [0.2, 0.25) is 0 Å². The van der Waals surface area contributed by atoms with Gasteiger partial charge in [0.1, 0.15) is 18.2 Å². The summed E-state index contributed by atoms with van der Waals surface area (Å²) < 4.78 is 30.9. The molecule has 0 aliphatic carbocycles. The van der Waals surface area contributed by atoms with Crippen molar-refractivity contribution < 1.29 is 18.3 Å². The molecule has 0 heterocycles. The van der Waals surface area contributed by atoms with Crippen LogP contribution in [0.1, 0.15) is 21.5 Å². The lowest BCUT2D eigenvalue weighted by Gasteiger charge is -2.09. The number of rotatable bonds is 3. The van der Waals surface area contributed by atoms with Crippen molar-refractivity contribution >= 4 is 11.7 Å². The van der Waals surface area contributed by atoms with E-state index in [0.717, 1.165) is 12.1 Å². The first kappa shape index (κ1) is 14.0. The van der Waals surface area contributed by atoms with Crippen molar-refractivity contribution in [1.29, 1.82) is 0 Å². The largest absolute Gasteiger partial charge is 0.457 e. The molecule has 0 fully saturated rings. The number of halogens is 2. The monoisotopic (exact) mass is 277 g/mol. The second-order valence-electron chi connectivity index (χ2n) is 4.38. The van der Waals surface area contributed by atoms with Gasteiger partial charge in [0.25, 0.3) is 0 Å². The van der Waals surface area contributed by atoms with E-state index in [-0.39, 0.29) is 23.7 Å². The Morgan fingerprint density at radius 2 is 1.80 bits per heavy atom. The summed E-state index contributed by atoms with van der Waals surface area (Å²) >= 11 is 0. The summed E-state index contributed by atoms with van der Waals surface area (Å²) in [4.78, 5) is 11.8. The van der Waals surface area contributed by atoms with Crippen molar-refractivity contribution in [3.63, 3.8) is 0 Å². The zero-order chi connectivity index (χ0) is 14.7. The van der Waals surface area contributed by atoms with Crippen LogP contribution in [-0.4, -0.2) is 5.97 Å². The van der Waals surface area contributed by atoms with E-state index < -0.39 is 11.8 Å². The molecule has 0 saturated carbocycles. The first-order valence-electron chi connectivity index (χ1n) is 5.94. The molecule has 0 bridgehead atoms. The fourth-order valence-electron chi connectivity index (χ4n) is 1.76. The zero-order valence-corrected chi connectivity index (χ0v) is 10.8. The normalized spacial score (nSPS) is 10.3. The number of hydrogen-bond acceptors (Lipinski definition) is 3. The fraction of sp³-hybridized carbons (Fsp3) is 0.133. The second kappa shape index (κ2) is 5.69. The van der Waals surface area contributed by atoms with Gasteiger partial charge in [-0.2, -0.15) is 0 Å². The highest BCUT2D eigenvalue weighted by molar-refractivity contribution is 5.94. The highest BCUT2D eigenvalue weighted by atomic mass is 19.1. The van der Waals surface area contributed by atoms with Crippen LogP contribution < -0.4 is 5.73 Å². The smallest absolute Gasteiger partial charge is 0.340 e. The van der Waals surface area contributed by atoms with E-state index in [4.69, 9.17) is 10.5 Å². The fourth-order valence-corrected chi connectivity index (χ4v) is 1.76. The van der Waals surface area contributed by atoms with Gasteiger partial charge >= 0.3 is 5.97 Å². The van der Waals surface area contributed by atoms with E-state index >= 15 is 0 Å². The number of benzene rings is 2. The Morgan fingerprint density at radius 3 is 2.45 bits per heavy atom. The predicted octanol–water partition coefficient (Wildman–Crippen LogP) is 3.21. The number of hydrogen-bond donors (Lipinski definition) is 1. The lowest BCUT2D eigenvalue weighted by atomic mass is 10.1. The summed E-state index contributed by atoms with van der Waals surface area (Å²) in [7, 11) is 0. The third-order valence-corrected chi connectivity index (χ3v) is 2.90. The molecule has 0 unspecified atom stereocenters. The predicted molar refractivity (Wildman–Crippen MR) is 71.1 cm³/mol. The highest BCUT2D eigenvalue weighted by Gasteiger charge is 2.12. The molecule has 2 aromatic rings. The molecule has 2 rings (SSSR count). The van der Waals surface area contributed by atoms with E-state index in [2.05, 4.69) is 0 Å². The lowest BCUT2D eigenvalue weighted by molar-refractivity contribution is 0.0473. The molecule has 0 aromatic heterocycles. The summed E-state index contributed by atoms with van der Waals surface area (Å²) in [5.74, 6) is -1.51. The topological polar surface area (TPSA) is 52.3 Å². The molecule has 0 atom stereocenters. The third kappa shape index (κ3) is 3.12. The summed E-state index contributed by atoms with van der Waals surface area (Å²) in [6.07, 6.45) is 0. The van der Waals surface area contributed by atoms with Crippen LogP contribution in [0.15, 0.2) is 36.4 Å². The van der Waals surface area contributed by atoms with Crippen LogP contribution in [0.2, 0.25) is 0 Å².